The number of hydrogen-bond acceptors (Lipinski definition) is 3. The van der Waals surface area contributed by atoms with Crippen LogP contribution in [0, 0.1) is 5.92 Å². The highest BCUT2D eigenvalue weighted by molar-refractivity contribution is 5.80. The minimum absolute atomic E-state index is 0.156. The fourth-order valence-corrected chi connectivity index (χ4v) is 0.824. The van der Waals surface area contributed by atoms with Crippen molar-refractivity contribution >= 4 is 11.9 Å². The van der Waals surface area contributed by atoms with Crippen LogP contribution in [0.3, 0.4) is 0 Å². The number of carbonyl (C=O) groups excluding carboxylic acids is 1. The lowest BCUT2D eigenvalue weighted by atomic mass is 10.1. The van der Waals surface area contributed by atoms with Gasteiger partial charge in [-0.25, -0.2) is 9.59 Å². The Morgan fingerprint density at radius 1 is 1.33 bits per heavy atom. The first-order valence-corrected chi connectivity index (χ1v) is 4.15. The molecule has 0 amide bonds. The molecule has 0 aromatic rings. The number of carboxylic acids is 1. The zero-order valence-corrected chi connectivity index (χ0v) is 8.17. The first kappa shape index (κ1) is 13.7. The summed E-state index contributed by atoms with van der Waals surface area (Å²) in [6, 6.07) is 0. The first-order valence-electron chi connectivity index (χ1n) is 4.15. The van der Waals surface area contributed by atoms with Crippen molar-refractivity contribution in [1.29, 1.82) is 0 Å². The van der Waals surface area contributed by atoms with Crippen molar-refractivity contribution in [3.8, 4) is 0 Å². The van der Waals surface area contributed by atoms with E-state index in [2.05, 4.69) is 4.74 Å². The Hall–Kier alpha value is -1.27. The SMILES string of the molecule is CC(C)CC(OC(=O)C(F)(F)F)C(=O)O. The van der Waals surface area contributed by atoms with E-state index < -0.39 is 24.2 Å². The van der Waals surface area contributed by atoms with E-state index in [4.69, 9.17) is 5.11 Å². The van der Waals surface area contributed by atoms with Crippen molar-refractivity contribution in [3.63, 3.8) is 0 Å². The van der Waals surface area contributed by atoms with Gasteiger partial charge in [0.05, 0.1) is 0 Å². The van der Waals surface area contributed by atoms with Crippen LogP contribution >= 0.6 is 0 Å². The molecule has 0 fully saturated rings. The van der Waals surface area contributed by atoms with Gasteiger partial charge in [-0.1, -0.05) is 13.8 Å². The Labute approximate surface area is 84.0 Å². The largest absolute Gasteiger partial charge is 0.490 e. The molecule has 1 N–H and O–H groups in total. The molecule has 1 atom stereocenters. The minimum Gasteiger partial charge on any atom is -0.479 e. The number of rotatable bonds is 4. The Kier molecular flexibility index (Phi) is 4.57. The third-order valence-corrected chi connectivity index (χ3v) is 1.44. The van der Waals surface area contributed by atoms with Gasteiger partial charge in [-0.2, -0.15) is 13.2 Å². The van der Waals surface area contributed by atoms with Crippen LogP contribution in [0.25, 0.3) is 0 Å². The van der Waals surface area contributed by atoms with Gasteiger partial charge in [0.1, 0.15) is 0 Å². The second-order valence-electron chi connectivity index (χ2n) is 3.36. The maximum atomic E-state index is 11.7. The predicted octanol–water partition coefficient (Wildman–Crippen LogP) is 1.59. The van der Waals surface area contributed by atoms with Gasteiger partial charge in [0.2, 0.25) is 0 Å². The summed E-state index contributed by atoms with van der Waals surface area (Å²) in [6.07, 6.45) is -7.07. The van der Waals surface area contributed by atoms with E-state index in [-0.39, 0.29) is 12.3 Å². The van der Waals surface area contributed by atoms with Crippen LogP contribution in [-0.4, -0.2) is 29.3 Å². The molecule has 0 radical (unpaired) electrons. The van der Waals surface area contributed by atoms with Gasteiger partial charge in [0.15, 0.2) is 6.10 Å². The Morgan fingerprint density at radius 3 is 2.07 bits per heavy atom. The predicted molar refractivity (Wildman–Crippen MR) is 43.0 cm³/mol. The molecule has 0 rings (SSSR count). The minimum atomic E-state index is -5.16. The Morgan fingerprint density at radius 2 is 1.80 bits per heavy atom. The van der Waals surface area contributed by atoms with E-state index in [0.29, 0.717) is 0 Å². The van der Waals surface area contributed by atoms with Gasteiger partial charge in [-0.15, -0.1) is 0 Å². The van der Waals surface area contributed by atoms with Crippen LogP contribution in [0.1, 0.15) is 20.3 Å². The molecule has 0 aliphatic rings. The molecule has 0 heterocycles. The van der Waals surface area contributed by atoms with Crippen LogP contribution in [0.2, 0.25) is 0 Å². The van der Waals surface area contributed by atoms with Crippen LogP contribution in [0.5, 0.6) is 0 Å². The summed E-state index contributed by atoms with van der Waals surface area (Å²) < 4.78 is 39.1. The molecule has 0 spiro atoms. The highest BCUT2D eigenvalue weighted by Crippen LogP contribution is 2.19. The van der Waals surface area contributed by atoms with E-state index in [9.17, 15) is 22.8 Å². The summed E-state index contributed by atoms with van der Waals surface area (Å²) in [5, 5.41) is 8.49. The molecule has 88 valence electrons. The molecule has 0 saturated carbocycles. The van der Waals surface area contributed by atoms with Crippen molar-refractivity contribution in [3.05, 3.63) is 0 Å². The number of esters is 1. The highest BCUT2D eigenvalue weighted by atomic mass is 19.4. The molecule has 15 heavy (non-hydrogen) atoms. The van der Waals surface area contributed by atoms with Crippen molar-refractivity contribution < 1.29 is 32.6 Å². The summed E-state index contributed by atoms with van der Waals surface area (Å²) in [7, 11) is 0. The van der Waals surface area contributed by atoms with E-state index in [1.54, 1.807) is 13.8 Å². The van der Waals surface area contributed by atoms with Gasteiger partial charge in [0.25, 0.3) is 0 Å². The van der Waals surface area contributed by atoms with Crippen molar-refractivity contribution in [2.24, 2.45) is 5.92 Å². The average Bonchev–Trinajstić information content (AvgIpc) is 1.99. The summed E-state index contributed by atoms with van der Waals surface area (Å²) in [6.45, 7) is 3.22. The standard InChI is InChI=1S/C8H11F3O4/c1-4(2)3-5(6(12)13)15-7(14)8(9,10)11/h4-5H,3H2,1-2H3,(H,12,13). The van der Waals surface area contributed by atoms with Gasteiger partial charge < -0.3 is 9.84 Å². The lowest BCUT2D eigenvalue weighted by Gasteiger charge is -2.16. The van der Waals surface area contributed by atoms with Gasteiger partial charge >= 0.3 is 18.1 Å². The monoisotopic (exact) mass is 228 g/mol. The quantitative estimate of drug-likeness (QED) is 0.742. The highest BCUT2D eigenvalue weighted by Gasteiger charge is 2.43. The normalized spacial score (nSPS) is 13.7. The molecule has 7 heteroatoms. The number of alkyl halides is 3. The fraction of sp³-hybridized carbons (Fsp3) is 0.750. The molecule has 1 unspecified atom stereocenters. The lowest BCUT2D eigenvalue weighted by Crippen LogP contribution is -2.35. The Bertz CT molecular complexity index is 247. The second kappa shape index (κ2) is 4.99. The van der Waals surface area contributed by atoms with Gasteiger partial charge in [-0.05, 0) is 12.3 Å². The van der Waals surface area contributed by atoms with Crippen LogP contribution < -0.4 is 0 Å². The maximum absolute atomic E-state index is 11.7. The molecular weight excluding hydrogens is 217 g/mol. The van der Waals surface area contributed by atoms with Crippen molar-refractivity contribution in [2.45, 2.75) is 32.5 Å². The molecule has 0 aliphatic heterocycles. The van der Waals surface area contributed by atoms with Crippen molar-refractivity contribution in [1.82, 2.24) is 0 Å². The molecule has 0 bridgehead atoms. The number of hydrogen-bond donors (Lipinski definition) is 1. The summed E-state index contributed by atoms with van der Waals surface area (Å²) in [5.41, 5.74) is 0. The van der Waals surface area contributed by atoms with E-state index in [0.717, 1.165) is 0 Å². The molecule has 0 aromatic heterocycles. The topological polar surface area (TPSA) is 63.6 Å². The second-order valence-corrected chi connectivity index (χ2v) is 3.36. The van der Waals surface area contributed by atoms with E-state index in [1.807, 2.05) is 0 Å². The number of carbonyl (C=O) groups is 2. The number of carboxylic acid groups (broad SMARTS) is 1. The van der Waals surface area contributed by atoms with Crippen molar-refractivity contribution in [2.75, 3.05) is 0 Å². The zero-order chi connectivity index (χ0) is 12.2. The molecule has 0 saturated heterocycles. The third kappa shape index (κ3) is 5.24. The maximum Gasteiger partial charge on any atom is 0.490 e. The molecule has 0 aliphatic carbocycles. The summed E-state index contributed by atoms with van der Waals surface area (Å²) in [4.78, 5) is 20.8. The van der Waals surface area contributed by atoms with E-state index in [1.165, 1.54) is 0 Å². The molecule has 4 nitrogen and oxygen atoms in total. The average molecular weight is 228 g/mol. The smallest absolute Gasteiger partial charge is 0.479 e. The number of halogens is 3. The van der Waals surface area contributed by atoms with E-state index >= 15 is 0 Å². The fourth-order valence-electron chi connectivity index (χ4n) is 0.824. The Balaban J connectivity index is 4.43. The van der Waals surface area contributed by atoms with Crippen LogP contribution in [0.4, 0.5) is 13.2 Å². The molecular formula is C8H11F3O4. The zero-order valence-electron chi connectivity index (χ0n) is 8.17. The van der Waals surface area contributed by atoms with Crippen LogP contribution in [-0.2, 0) is 14.3 Å². The van der Waals surface area contributed by atoms with Gasteiger partial charge in [-0.3, -0.25) is 0 Å². The van der Waals surface area contributed by atoms with Crippen LogP contribution in [0.15, 0.2) is 0 Å². The first-order chi connectivity index (χ1) is 6.64. The summed E-state index contributed by atoms with van der Waals surface area (Å²) in [5.74, 6) is -4.25. The summed E-state index contributed by atoms with van der Waals surface area (Å²) >= 11 is 0. The van der Waals surface area contributed by atoms with Gasteiger partial charge in [0, 0.05) is 0 Å². The third-order valence-electron chi connectivity index (χ3n) is 1.44. The number of ether oxygens (including phenoxy) is 1. The molecule has 0 aromatic carbocycles. The number of aliphatic carboxylic acids is 1. The lowest BCUT2D eigenvalue weighted by molar-refractivity contribution is -0.207.